The summed E-state index contributed by atoms with van der Waals surface area (Å²) in [6.45, 7) is 0. The minimum absolute atomic E-state index is 0.273. The van der Waals surface area contributed by atoms with Crippen molar-refractivity contribution >= 4 is 46.4 Å². The van der Waals surface area contributed by atoms with Gasteiger partial charge in [0, 0.05) is 15.7 Å². The van der Waals surface area contributed by atoms with Gasteiger partial charge in [-0.2, -0.15) is 0 Å². The average molecular weight is 385 g/mol. The lowest BCUT2D eigenvalue weighted by Gasteiger charge is -2.16. The number of benzene rings is 2. The molecule has 0 radical (unpaired) electrons. The second-order valence-corrected chi connectivity index (χ2v) is 6.62. The average Bonchev–Trinajstić information content (AvgIpc) is 3.31. The summed E-state index contributed by atoms with van der Waals surface area (Å²) in [7, 11) is 0. The van der Waals surface area contributed by atoms with Crippen LogP contribution in [0.25, 0.3) is 0 Å². The first-order valence-electron chi connectivity index (χ1n) is 7.35. The van der Waals surface area contributed by atoms with Gasteiger partial charge in [-0.15, -0.1) is 0 Å². The van der Waals surface area contributed by atoms with Crippen molar-refractivity contribution < 1.29 is 18.4 Å². The van der Waals surface area contributed by atoms with Gasteiger partial charge >= 0.3 is 0 Å². The third-order valence-corrected chi connectivity index (χ3v) is 4.38. The fourth-order valence-corrected chi connectivity index (χ4v) is 2.94. The molecule has 8 heteroatoms. The molecule has 25 heavy (non-hydrogen) atoms. The summed E-state index contributed by atoms with van der Waals surface area (Å²) < 4.78 is 27.3. The van der Waals surface area contributed by atoms with Crippen LogP contribution in [0.15, 0.2) is 36.4 Å². The number of rotatable bonds is 4. The lowest BCUT2D eigenvalue weighted by atomic mass is 10.0. The SMILES string of the molecule is O=C(Nc1cc(Cl)cc(Cl)c1)C1(C(=O)Nc2c(F)cccc2F)CC1. The Labute approximate surface area is 152 Å². The number of hydrogen-bond donors (Lipinski definition) is 2. The van der Waals surface area contributed by atoms with Crippen molar-refractivity contribution in [3.63, 3.8) is 0 Å². The van der Waals surface area contributed by atoms with Crippen LogP contribution in [0.4, 0.5) is 20.2 Å². The first-order valence-corrected chi connectivity index (χ1v) is 8.10. The second-order valence-electron chi connectivity index (χ2n) is 5.75. The van der Waals surface area contributed by atoms with Gasteiger partial charge in [-0.1, -0.05) is 29.3 Å². The van der Waals surface area contributed by atoms with E-state index < -0.39 is 34.6 Å². The molecule has 0 atom stereocenters. The highest BCUT2D eigenvalue weighted by Gasteiger charge is 2.56. The van der Waals surface area contributed by atoms with Crippen molar-refractivity contribution in [2.45, 2.75) is 12.8 Å². The van der Waals surface area contributed by atoms with Gasteiger partial charge in [0.25, 0.3) is 0 Å². The van der Waals surface area contributed by atoms with Crippen molar-refractivity contribution in [2.75, 3.05) is 10.6 Å². The molecular formula is C17H12Cl2F2N2O2. The molecule has 1 aliphatic carbocycles. The number of hydrogen-bond acceptors (Lipinski definition) is 2. The Morgan fingerprint density at radius 1 is 0.920 bits per heavy atom. The van der Waals surface area contributed by atoms with Gasteiger partial charge in [0.1, 0.15) is 22.7 Å². The van der Waals surface area contributed by atoms with E-state index in [2.05, 4.69) is 10.6 Å². The molecule has 1 fully saturated rings. The molecule has 0 aromatic heterocycles. The van der Waals surface area contributed by atoms with Crippen LogP contribution in [0, 0.1) is 17.0 Å². The van der Waals surface area contributed by atoms with Gasteiger partial charge in [-0.3, -0.25) is 9.59 Å². The van der Waals surface area contributed by atoms with E-state index in [1.165, 1.54) is 24.3 Å². The molecule has 0 aliphatic heterocycles. The van der Waals surface area contributed by atoms with E-state index in [4.69, 9.17) is 23.2 Å². The Balaban J connectivity index is 1.77. The van der Waals surface area contributed by atoms with Crippen LogP contribution in [-0.2, 0) is 9.59 Å². The molecule has 3 rings (SSSR count). The number of anilines is 2. The maximum absolute atomic E-state index is 13.7. The van der Waals surface area contributed by atoms with Crippen LogP contribution in [0.1, 0.15) is 12.8 Å². The fourth-order valence-electron chi connectivity index (χ4n) is 2.41. The van der Waals surface area contributed by atoms with Crippen molar-refractivity contribution in [3.05, 3.63) is 58.1 Å². The maximum Gasteiger partial charge on any atom is 0.240 e. The van der Waals surface area contributed by atoms with Gasteiger partial charge in [0.05, 0.1) is 0 Å². The quantitative estimate of drug-likeness (QED) is 0.755. The molecule has 130 valence electrons. The van der Waals surface area contributed by atoms with Crippen LogP contribution in [0.3, 0.4) is 0 Å². The maximum atomic E-state index is 13.7. The minimum atomic E-state index is -1.37. The fraction of sp³-hybridized carbons (Fsp3) is 0.176. The Kier molecular flexibility index (Phi) is 4.67. The normalized spacial score (nSPS) is 14.7. The van der Waals surface area contributed by atoms with Crippen molar-refractivity contribution in [2.24, 2.45) is 5.41 Å². The van der Waals surface area contributed by atoms with Gasteiger partial charge in [0.15, 0.2) is 0 Å². The molecule has 0 heterocycles. The smallest absolute Gasteiger partial charge is 0.240 e. The Bertz CT molecular complexity index is 829. The molecule has 2 aromatic rings. The Morgan fingerprint density at radius 2 is 1.44 bits per heavy atom. The van der Waals surface area contributed by atoms with E-state index in [1.54, 1.807) is 0 Å². The monoisotopic (exact) mass is 384 g/mol. The summed E-state index contributed by atoms with van der Waals surface area (Å²) >= 11 is 11.7. The molecule has 2 N–H and O–H groups in total. The number of halogens is 4. The van der Waals surface area contributed by atoms with Gasteiger partial charge in [-0.05, 0) is 43.2 Å². The van der Waals surface area contributed by atoms with Crippen molar-refractivity contribution in [3.8, 4) is 0 Å². The number of carbonyl (C=O) groups is 2. The van der Waals surface area contributed by atoms with Crippen molar-refractivity contribution in [1.29, 1.82) is 0 Å². The summed E-state index contributed by atoms with van der Waals surface area (Å²) in [4.78, 5) is 24.9. The Morgan fingerprint density at radius 3 is 1.96 bits per heavy atom. The summed E-state index contributed by atoms with van der Waals surface area (Å²) in [5, 5.41) is 5.38. The van der Waals surface area contributed by atoms with Crippen LogP contribution < -0.4 is 10.6 Å². The molecule has 0 bridgehead atoms. The van der Waals surface area contributed by atoms with Gasteiger partial charge in [-0.25, -0.2) is 8.78 Å². The summed E-state index contributed by atoms with van der Waals surface area (Å²) in [6, 6.07) is 7.69. The molecule has 4 nitrogen and oxygen atoms in total. The summed E-state index contributed by atoms with van der Waals surface area (Å²) in [5.41, 5.74) is -1.61. The van der Waals surface area contributed by atoms with Crippen LogP contribution in [0.5, 0.6) is 0 Å². The van der Waals surface area contributed by atoms with Crippen LogP contribution in [-0.4, -0.2) is 11.8 Å². The standard InChI is InChI=1S/C17H12Cl2F2N2O2/c18-9-6-10(19)8-11(7-9)22-15(24)17(4-5-17)16(25)23-14-12(20)2-1-3-13(14)21/h1-3,6-8H,4-5H2,(H,22,24)(H,23,25). The molecule has 2 aromatic carbocycles. The third kappa shape index (κ3) is 3.60. The second kappa shape index (κ2) is 6.61. The van der Waals surface area contributed by atoms with E-state index in [-0.39, 0.29) is 12.8 Å². The first-order chi connectivity index (χ1) is 11.8. The van der Waals surface area contributed by atoms with Gasteiger partial charge < -0.3 is 10.6 Å². The highest BCUT2D eigenvalue weighted by molar-refractivity contribution is 6.35. The largest absolute Gasteiger partial charge is 0.325 e. The molecule has 0 saturated heterocycles. The summed E-state index contributed by atoms with van der Waals surface area (Å²) in [6.07, 6.45) is 0.546. The van der Waals surface area contributed by atoms with Crippen LogP contribution >= 0.6 is 23.2 Å². The summed E-state index contributed by atoms with van der Waals surface area (Å²) in [5.74, 6) is -3.17. The van der Waals surface area contributed by atoms with E-state index in [0.717, 1.165) is 12.1 Å². The lowest BCUT2D eigenvalue weighted by molar-refractivity contribution is -0.131. The highest BCUT2D eigenvalue weighted by Crippen LogP contribution is 2.47. The molecule has 0 unspecified atom stereocenters. The number of amides is 2. The zero-order valence-electron chi connectivity index (χ0n) is 12.7. The molecule has 1 aliphatic rings. The number of para-hydroxylation sites is 1. The third-order valence-electron chi connectivity index (χ3n) is 3.94. The first kappa shape index (κ1) is 17.6. The highest BCUT2D eigenvalue weighted by atomic mass is 35.5. The molecular weight excluding hydrogens is 373 g/mol. The van der Waals surface area contributed by atoms with Crippen LogP contribution in [0.2, 0.25) is 10.0 Å². The van der Waals surface area contributed by atoms with Crippen molar-refractivity contribution in [1.82, 2.24) is 0 Å². The molecule has 1 saturated carbocycles. The number of carbonyl (C=O) groups excluding carboxylic acids is 2. The predicted octanol–water partition coefficient (Wildman–Crippen LogP) is 4.63. The lowest BCUT2D eigenvalue weighted by Crippen LogP contribution is -2.36. The predicted molar refractivity (Wildman–Crippen MR) is 91.7 cm³/mol. The zero-order chi connectivity index (χ0) is 18.2. The van der Waals surface area contributed by atoms with E-state index >= 15 is 0 Å². The minimum Gasteiger partial charge on any atom is -0.325 e. The van der Waals surface area contributed by atoms with E-state index in [0.29, 0.717) is 15.7 Å². The Hall–Kier alpha value is -2.18. The van der Waals surface area contributed by atoms with Gasteiger partial charge in [0.2, 0.25) is 11.8 Å². The zero-order valence-corrected chi connectivity index (χ0v) is 14.2. The van der Waals surface area contributed by atoms with E-state index in [1.807, 2.05) is 0 Å². The van der Waals surface area contributed by atoms with E-state index in [9.17, 15) is 18.4 Å². The number of nitrogens with one attached hydrogen (secondary N) is 2. The topological polar surface area (TPSA) is 58.2 Å². The molecule has 2 amide bonds. The molecule has 0 spiro atoms.